The maximum atomic E-state index is 9.18. The lowest BCUT2D eigenvalue weighted by molar-refractivity contribution is 0.479. The molecule has 0 amide bonds. The Morgan fingerprint density at radius 1 is 1.08 bits per heavy atom. The summed E-state index contributed by atoms with van der Waals surface area (Å²) in [4.78, 5) is 0. The number of anilines is 1. The molecule has 0 atom stereocenters. The van der Waals surface area contributed by atoms with Crippen molar-refractivity contribution in [3.63, 3.8) is 0 Å². The number of nitrogens with zero attached hydrogens (tertiary/aromatic N) is 1. The van der Waals surface area contributed by atoms with Crippen LogP contribution in [0.2, 0.25) is 0 Å². The van der Waals surface area contributed by atoms with Crippen LogP contribution in [-0.2, 0) is 6.54 Å². The number of rotatable bonds is 3. The number of fused-ring (bicyclic) bond motifs is 1. The van der Waals surface area contributed by atoms with E-state index in [-0.39, 0.29) is 7.43 Å². The Kier molecular flexibility index (Phi) is 5.60. The highest BCUT2D eigenvalue weighted by Crippen LogP contribution is 2.32. The minimum Gasteiger partial charge on any atom is -0.387 e. The van der Waals surface area contributed by atoms with Crippen LogP contribution in [0.25, 0.3) is 17.2 Å². The normalized spacial score (nSPS) is 16.0. The molecule has 0 aliphatic carbocycles. The second-order valence-corrected chi connectivity index (χ2v) is 6.67. The third-order valence-electron chi connectivity index (χ3n) is 4.97. The summed E-state index contributed by atoms with van der Waals surface area (Å²) in [6.45, 7) is 2.99. The maximum absolute atomic E-state index is 9.18. The van der Waals surface area contributed by atoms with Crippen molar-refractivity contribution in [1.82, 2.24) is 10.6 Å². The van der Waals surface area contributed by atoms with Crippen molar-refractivity contribution in [3.05, 3.63) is 59.3 Å². The lowest BCUT2D eigenvalue weighted by Gasteiger charge is -2.28. The van der Waals surface area contributed by atoms with E-state index >= 15 is 0 Å². The molecule has 4 nitrogen and oxygen atoms in total. The van der Waals surface area contributed by atoms with Gasteiger partial charge in [-0.25, -0.2) is 0 Å². The molecule has 3 N–H and O–H groups in total. The lowest BCUT2D eigenvalue weighted by Crippen LogP contribution is -2.35. The fourth-order valence-corrected chi connectivity index (χ4v) is 3.60. The quantitative estimate of drug-likeness (QED) is 0.783. The second kappa shape index (κ2) is 8.07. The molecule has 0 unspecified atom stereocenters. The molecular formula is C22H26N4. The molecule has 2 aromatic carbocycles. The van der Waals surface area contributed by atoms with E-state index in [0.29, 0.717) is 11.6 Å². The third kappa shape index (κ3) is 3.74. The molecule has 0 spiro atoms. The Morgan fingerprint density at radius 2 is 1.92 bits per heavy atom. The van der Waals surface area contributed by atoms with Gasteiger partial charge in [-0.2, -0.15) is 5.26 Å². The highest BCUT2D eigenvalue weighted by atomic mass is 15.0. The zero-order valence-electron chi connectivity index (χ0n) is 14.2. The van der Waals surface area contributed by atoms with Crippen LogP contribution < -0.4 is 16.0 Å². The average Bonchev–Trinajstić information content (AvgIpc) is 2.69. The van der Waals surface area contributed by atoms with E-state index in [1.165, 1.54) is 16.8 Å². The summed E-state index contributed by atoms with van der Waals surface area (Å²) >= 11 is 0. The van der Waals surface area contributed by atoms with Crippen molar-refractivity contribution in [2.45, 2.75) is 32.9 Å². The summed E-state index contributed by atoms with van der Waals surface area (Å²) in [5.74, 6) is 0. The van der Waals surface area contributed by atoms with Gasteiger partial charge in [-0.15, -0.1) is 0 Å². The van der Waals surface area contributed by atoms with Crippen LogP contribution in [0.3, 0.4) is 0 Å². The largest absolute Gasteiger partial charge is 0.387 e. The molecular weight excluding hydrogens is 320 g/mol. The second-order valence-electron chi connectivity index (χ2n) is 6.67. The minimum absolute atomic E-state index is 0. The topological polar surface area (TPSA) is 59.9 Å². The Bertz CT molecular complexity index is 842. The summed E-state index contributed by atoms with van der Waals surface area (Å²) < 4.78 is 0. The number of nitrogens with one attached hydrogen (secondary N) is 3. The first kappa shape index (κ1) is 18.0. The monoisotopic (exact) mass is 346 g/mol. The third-order valence-corrected chi connectivity index (χ3v) is 4.97. The van der Waals surface area contributed by atoms with Gasteiger partial charge < -0.3 is 16.0 Å². The molecule has 2 aromatic rings. The van der Waals surface area contributed by atoms with E-state index in [1.54, 1.807) is 0 Å². The van der Waals surface area contributed by atoms with Crippen LogP contribution in [0, 0.1) is 11.3 Å². The molecule has 0 bridgehead atoms. The molecule has 0 radical (unpaired) electrons. The number of nitriles is 1. The summed E-state index contributed by atoms with van der Waals surface area (Å²) in [6, 6.07) is 15.0. The van der Waals surface area contributed by atoms with Gasteiger partial charge in [0.2, 0.25) is 0 Å². The summed E-state index contributed by atoms with van der Waals surface area (Å²) in [5.41, 5.74) is 6.70. The van der Waals surface area contributed by atoms with Crippen molar-refractivity contribution in [2.24, 2.45) is 0 Å². The molecule has 2 aliphatic rings. The predicted molar refractivity (Wildman–Crippen MR) is 109 cm³/mol. The van der Waals surface area contributed by atoms with Crippen LogP contribution >= 0.6 is 0 Å². The van der Waals surface area contributed by atoms with Gasteiger partial charge in [0.1, 0.15) is 0 Å². The number of hydrogen-bond acceptors (Lipinski definition) is 4. The van der Waals surface area contributed by atoms with Gasteiger partial charge >= 0.3 is 0 Å². The van der Waals surface area contributed by atoms with Gasteiger partial charge in [0.25, 0.3) is 0 Å². The molecule has 0 saturated carbocycles. The van der Waals surface area contributed by atoms with E-state index in [2.05, 4.69) is 46.3 Å². The first-order valence-corrected chi connectivity index (χ1v) is 8.88. The summed E-state index contributed by atoms with van der Waals surface area (Å²) in [7, 11) is 0. The molecule has 2 heterocycles. The van der Waals surface area contributed by atoms with Crippen LogP contribution in [0.1, 0.15) is 37.0 Å². The molecule has 0 aromatic heterocycles. The van der Waals surface area contributed by atoms with Gasteiger partial charge in [-0.05, 0) is 79.2 Å². The van der Waals surface area contributed by atoms with Crippen molar-refractivity contribution in [2.75, 3.05) is 18.4 Å². The summed E-state index contributed by atoms with van der Waals surface area (Å²) in [6.07, 6.45) is 6.43. The van der Waals surface area contributed by atoms with Crippen molar-refractivity contribution < 1.29 is 0 Å². The molecule has 4 heteroatoms. The van der Waals surface area contributed by atoms with E-state index in [9.17, 15) is 5.26 Å². The first-order valence-electron chi connectivity index (χ1n) is 8.88. The molecule has 134 valence electrons. The predicted octanol–water partition coefficient (Wildman–Crippen LogP) is 4.10. The Morgan fingerprint density at radius 3 is 2.73 bits per heavy atom. The first-order chi connectivity index (χ1) is 12.3. The van der Waals surface area contributed by atoms with Crippen molar-refractivity contribution in [3.8, 4) is 17.2 Å². The van der Waals surface area contributed by atoms with Gasteiger partial charge in [0.05, 0.1) is 11.6 Å². The molecule has 26 heavy (non-hydrogen) atoms. The van der Waals surface area contributed by atoms with E-state index in [0.717, 1.165) is 43.6 Å². The lowest BCUT2D eigenvalue weighted by atomic mass is 9.94. The maximum Gasteiger partial charge on any atom is 0.0991 e. The molecule has 2 aliphatic heterocycles. The van der Waals surface area contributed by atoms with Crippen LogP contribution in [-0.4, -0.2) is 19.1 Å². The fraction of sp³-hybridized carbons (Fsp3) is 0.318. The minimum atomic E-state index is 0. The van der Waals surface area contributed by atoms with Crippen LogP contribution in [0.4, 0.5) is 5.69 Å². The smallest absolute Gasteiger partial charge is 0.0991 e. The number of piperidine rings is 1. The SMILES string of the molecule is C.N#Cc1cccc(-c2cc3c(c(NC4CCNCC4)c2)CNC=C3)c1. The zero-order chi connectivity index (χ0) is 17.1. The molecule has 1 fully saturated rings. The van der Waals surface area contributed by atoms with Crippen LogP contribution in [0.5, 0.6) is 0 Å². The van der Waals surface area contributed by atoms with E-state index in [1.807, 2.05) is 24.4 Å². The number of hydrogen-bond donors (Lipinski definition) is 3. The fourth-order valence-electron chi connectivity index (χ4n) is 3.60. The highest BCUT2D eigenvalue weighted by molar-refractivity contribution is 5.77. The summed E-state index contributed by atoms with van der Waals surface area (Å²) in [5, 5.41) is 19.7. The van der Waals surface area contributed by atoms with Gasteiger partial charge in [-0.1, -0.05) is 19.6 Å². The van der Waals surface area contributed by atoms with Crippen LogP contribution in [0.15, 0.2) is 42.6 Å². The molecule has 4 rings (SSSR count). The molecule has 1 saturated heterocycles. The van der Waals surface area contributed by atoms with Gasteiger partial charge in [-0.3, -0.25) is 0 Å². The zero-order valence-corrected chi connectivity index (χ0v) is 14.2. The average molecular weight is 346 g/mol. The van der Waals surface area contributed by atoms with Gasteiger partial charge in [0, 0.05) is 23.8 Å². The standard InChI is InChI=1S/C21H22N4.CH4/c22-13-15-2-1-3-16(10-15)18-11-17-4-7-24-14-20(17)21(12-18)25-19-5-8-23-9-6-19;/h1-4,7,10-12,19,23-25H,5-6,8-9,14H2;1H4. The highest BCUT2D eigenvalue weighted by Gasteiger charge is 2.17. The van der Waals surface area contributed by atoms with E-state index < -0.39 is 0 Å². The number of benzene rings is 2. The Balaban J connectivity index is 0.00000196. The van der Waals surface area contributed by atoms with E-state index in [4.69, 9.17) is 0 Å². The Hall–Kier alpha value is -2.77. The Labute approximate surface area is 155 Å². The van der Waals surface area contributed by atoms with Crippen molar-refractivity contribution in [1.29, 1.82) is 5.26 Å². The van der Waals surface area contributed by atoms with Gasteiger partial charge in [0.15, 0.2) is 0 Å². The van der Waals surface area contributed by atoms with Crippen molar-refractivity contribution >= 4 is 11.8 Å².